The summed E-state index contributed by atoms with van der Waals surface area (Å²) < 4.78 is 1.20. The molecule has 1 rings (SSSR count). The number of allylic oxidation sites excluding steroid dienone is 1. The molecule has 0 saturated heterocycles. The zero-order valence-electron chi connectivity index (χ0n) is 7.93. The number of halogens is 1. The summed E-state index contributed by atoms with van der Waals surface area (Å²) in [6, 6.07) is 0. The number of nitrogens with one attached hydrogen (secondary N) is 1. The van der Waals surface area contributed by atoms with Crippen LogP contribution in [0.15, 0.2) is 21.3 Å². The summed E-state index contributed by atoms with van der Waals surface area (Å²) in [5.41, 5.74) is 2.67. The number of rotatable bonds is 4. The van der Waals surface area contributed by atoms with E-state index in [0.29, 0.717) is 0 Å². The predicted octanol–water partition coefficient (Wildman–Crippen LogP) is 3.52. The van der Waals surface area contributed by atoms with Gasteiger partial charge in [-0.15, -0.1) is 0 Å². The first-order valence-corrected chi connectivity index (χ1v) is 6.02. The molecule has 0 aliphatic heterocycles. The van der Waals surface area contributed by atoms with Crippen LogP contribution in [0, 0.1) is 0 Å². The van der Waals surface area contributed by atoms with Crippen molar-refractivity contribution in [1.29, 1.82) is 0 Å². The Bertz CT molecular complexity index is 291. The molecule has 72 valence electrons. The normalized spacial score (nSPS) is 12.1. The molecule has 3 heteroatoms. The van der Waals surface area contributed by atoms with Gasteiger partial charge in [0.15, 0.2) is 0 Å². The molecule has 1 aromatic rings. The van der Waals surface area contributed by atoms with Crippen LogP contribution in [0.25, 0.3) is 5.57 Å². The van der Waals surface area contributed by atoms with Gasteiger partial charge in [-0.1, -0.05) is 6.08 Å². The minimum atomic E-state index is 1.04. The first-order valence-electron chi connectivity index (χ1n) is 4.29. The molecule has 13 heavy (non-hydrogen) atoms. The van der Waals surface area contributed by atoms with Gasteiger partial charge in [0.1, 0.15) is 0 Å². The van der Waals surface area contributed by atoms with Gasteiger partial charge in [-0.25, -0.2) is 0 Å². The van der Waals surface area contributed by atoms with Gasteiger partial charge in [-0.05, 0) is 53.8 Å². The van der Waals surface area contributed by atoms with Crippen LogP contribution in [0.3, 0.4) is 0 Å². The Morgan fingerprint density at radius 3 is 2.92 bits per heavy atom. The van der Waals surface area contributed by atoms with Crippen LogP contribution in [0.1, 0.15) is 18.9 Å². The number of thiophene rings is 1. The standard InChI is InChI=1S/C10H14BrNS/c1-8(4-3-5-12-2)9-6-13-7-10(9)11/h4,6-7,12H,3,5H2,1-2H3. The van der Waals surface area contributed by atoms with E-state index in [1.54, 1.807) is 11.3 Å². The molecule has 0 aliphatic carbocycles. The van der Waals surface area contributed by atoms with Gasteiger partial charge in [-0.3, -0.25) is 0 Å². The third kappa shape index (κ3) is 3.25. The first kappa shape index (κ1) is 11.0. The van der Waals surface area contributed by atoms with Crippen LogP contribution in [0.2, 0.25) is 0 Å². The van der Waals surface area contributed by atoms with E-state index < -0.39 is 0 Å². The summed E-state index contributed by atoms with van der Waals surface area (Å²) in [4.78, 5) is 0. The minimum Gasteiger partial charge on any atom is -0.319 e. The second kappa shape index (κ2) is 5.58. The van der Waals surface area contributed by atoms with Crippen LogP contribution in [0.5, 0.6) is 0 Å². The minimum absolute atomic E-state index is 1.04. The second-order valence-electron chi connectivity index (χ2n) is 2.91. The van der Waals surface area contributed by atoms with Crippen molar-refractivity contribution < 1.29 is 0 Å². The van der Waals surface area contributed by atoms with E-state index in [-0.39, 0.29) is 0 Å². The fraction of sp³-hybridized carbons (Fsp3) is 0.400. The maximum Gasteiger partial charge on any atom is 0.0357 e. The maximum atomic E-state index is 3.53. The lowest BCUT2D eigenvalue weighted by atomic mass is 10.1. The smallest absolute Gasteiger partial charge is 0.0357 e. The van der Waals surface area contributed by atoms with Crippen molar-refractivity contribution in [3.8, 4) is 0 Å². The molecular formula is C10H14BrNS. The fourth-order valence-electron chi connectivity index (χ4n) is 1.11. The molecule has 1 nitrogen and oxygen atoms in total. The molecule has 1 heterocycles. The van der Waals surface area contributed by atoms with Crippen molar-refractivity contribution in [2.75, 3.05) is 13.6 Å². The van der Waals surface area contributed by atoms with Crippen molar-refractivity contribution in [3.63, 3.8) is 0 Å². The highest BCUT2D eigenvalue weighted by atomic mass is 79.9. The maximum absolute atomic E-state index is 3.53. The Balaban J connectivity index is 2.62. The molecule has 0 spiro atoms. The summed E-state index contributed by atoms with van der Waals surface area (Å²) >= 11 is 5.26. The Morgan fingerprint density at radius 2 is 2.38 bits per heavy atom. The Labute approximate surface area is 92.0 Å². The lowest BCUT2D eigenvalue weighted by molar-refractivity contribution is 0.808. The highest BCUT2D eigenvalue weighted by Crippen LogP contribution is 2.27. The van der Waals surface area contributed by atoms with Crippen molar-refractivity contribution in [3.05, 3.63) is 26.9 Å². The molecule has 0 aliphatic rings. The quantitative estimate of drug-likeness (QED) is 0.817. The number of hydrogen-bond acceptors (Lipinski definition) is 2. The van der Waals surface area contributed by atoms with E-state index in [4.69, 9.17) is 0 Å². The summed E-state index contributed by atoms with van der Waals surface area (Å²) in [5.74, 6) is 0. The van der Waals surface area contributed by atoms with Crippen molar-refractivity contribution in [2.24, 2.45) is 0 Å². The van der Waals surface area contributed by atoms with E-state index in [9.17, 15) is 0 Å². The zero-order valence-corrected chi connectivity index (χ0v) is 10.3. The summed E-state index contributed by atoms with van der Waals surface area (Å²) in [6.07, 6.45) is 3.36. The van der Waals surface area contributed by atoms with Crippen molar-refractivity contribution in [1.82, 2.24) is 5.32 Å². The molecule has 0 atom stereocenters. The van der Waals surface area contributed by atoms with Crippen LogP contribution >= 0.6 is 27.3 Å². The van der Waals surface area contributed by atoms with Gasteiger partial charge in [0, 0.05) is 15.4 Å². The van der Waals surface area contributed by atoms with Gasteiger partial charge in [-0.2, -0.15) is 11.3 Å². The van der Waals surface area contributed by atoms with Gasteiger partial charge in [0.2, 0.25) is 0 Å². The lowest BCUT2D eigenvalue weighted by Gasteiger charge is -1.99. The molecule has 1 aromatic heterocycles. The molecular weight excluding hydrogens is 246 g/mol. The van der Waals surface area contributed by atoms with E-state index in [0.717, 1.165) is 13.0 Å². The molecule has 0 amide bonds. The molecule has 0 radical (unpaired) electrons. The van der Waals surface area contributed by atoms with E-state index in [1.165, 1.54) is 15.6 Å². The lowest BCUT2D eigenvalue weighted by Crippen LogP contribution is -2.05. The summed E-state index contributed by atoms with van der Waals surface area (Å²) in [7, 11) is 1.98. The molecule has 1 N–H and O–H groups in total. The molecule has 0 saturated carbocycles. The van der Waals surface area contributed by atoms with Crippen LogP contribution < -0.4 is 5.32 Å². The van der Waals surface area contributed by atoms with Gasteiger partial charge < -0.3 is 5.32 Å². The van der Waals surface area contributed by atoms with Crippen molar-refractivity contribution in [2.45, 2.75) is 13.3 Å². The Morgan fingerprint density at radius 1 is 1.62 bits per heavy atom. The van der Waals surface area contributed by atoms with Gasteiger partial charge >= 0.3 is 0 Å². The highest BCUT2D eigenvalue weighted by molar-refractivity contribution is 9.10. The fourth-order valence-corrected chi connectivity index (χ4v) is 2.77. The number of hydrogen-bond donors (Lipinski definition) is 1. The SMILES string of the molecule is CNCCC=C(C)c1cscc1Br. The van der Waals surface area contributed by atoms with Crippen LogP contribution in [-0.2, 0) is 0 Å². The van der Waals surface area contributed by atoms with Crippen LogP contribution in [0.4, 0.5) is 0 Å². The average molecular weight is 260 g/mol. The van der Waals surface area contributed by atoms with E-state index >= 15 is 0 Å². The Hall–Kier alpha value is -0.120. The molecule has 0 unspecified atom stereocenters. The first-order chi connectivity index (χ1) is 6.25. The molecule has 0 bridgehead atoms. The van der Waals surface area contributed by atoms with Crippen molar-refractivity contribution >= 4 is 32.8 Å². The third-order valence-corrected chi connectivity index (χ3v) is 3.59. The second-order valence-corrected chi connectivity index (χ2v) is 4.51. The van der Waals surface area contributed by atoms with E-state index in [2.05, 4.69) is 45.0 Å². The van der Waals surface area contributed by atoms with Crippen LogP contribution in [-0.4, -0.2) is 13.6 Å². The van der Waals surface area contributed by atoms with E-state index in [1.807, 2.05) is 7.05 Å². The summed E-state index contributed by atoms with van der Waals surface area (Å²) in [5, 5.41) is 7.42. The summed E-state index contributed by atoms with van der Waals surface area (Å²) in [6.45, 7) is 3.20. The molecule has 0 aromatic carbocycles. The van der Waals surface area contributed by atoms with Gasteiger partial charge in [0.05, 0.1) is 0 Å². The predicted molar refractivity (Wildman–Crippen MR) is 64.2 cm³/mol. The topological polar surface area (TPSA) is 12.0 Å². The van der Waals surface area contributed by atoms with Gasteiger partial charge in [0.25, 0.3) is 0 Å². The third-order valence-electron chi connectivity index (χ3n) is 1.88. The molecule has 0 fully saturated rings. The Kier molecular flexibility index (Phi) is 4.70. The monoisotopic (exact) mass is 259 g/mol. The largest absolute Gasteiger partial charge is 0.319 e. The highest BCUT2D eigenvalue weighted by Gasteiger charge is 2.01. The zero-order chi connectivity index (χ0) is 9.68. The average Bonchev–Trinajstić information content (AvgIpc) is 2.52.